The first-order valence-electron chi connectivity index (χ1n) is 4.95. The summed E-state index contributed by atoms with van der Waals surface area (Å²) in [5.74, 6) is -0.810. The second-order valence-corrected chi connectivity index (χ2v) is 4.18. The monoisotopic (exact) mass is 284 g/mol. The Bertz CT molecular complexity index is 587. The molecular weight excluding hydrogens is 278 g/mol. The van der Waals surface area contributed by atoms with Gasteiger partial charge < -0.3 is 5.32 Å². The Morgan fingerprint density at radius 2 is 1.78 bits per heavy atom. The molecule has 0 aliphatic rings. The molecule has 0 radical (unpaired) electrons. The highest BCUT2D eigenvalue weighted by atomic mass is 35.5. The van der Waals surface area contributed by atoms with E-state index in [2.05, 4.69) is 10.3 Å². The molecule has 0 saturated heterocycles. The van der Waals surface area contributed by atoms with E-state index in [1.165, 1.54) is 36.4 Å². The third-order valence-corrected chi connectivity index (χ3v) is 2.66. The van der Waals surface area contributed by atoms with Gasteiger partial charge in [-0.3, -0.25) is 4.79 Å². The van der Waals surface area contributed by atoms with Crippen LogP contribution in [0.2, 0.25) is 10.3 Å². The summed E-state index contributed by atoms with van der Waals surface area (Å²) in [6.45, 7) is 0. The number of nitrogens with zero attached hydrogens (tertiary/aromatic N) is 1. The van der Waals surface area contributed by atoms with Gasteiger partial charge in [-0.1, -0.05) is 23.2 Å². The minimum atomic E-state index is -0.434. The van der Waals surface area contributed by atoms with Crippen LogP contribution < -0.4 is 5.32 Å². The topological polar surface area (TPSA) is 42.0 Å². The predicted molar refractivity (Wildman–Crippen MR) is 68.6 cm³/mol. The first-order chi connectivity index (χ1) is 8.56. The van der Waals surface area contributed by atoms with Gasteiger partial charge in [0.2, 0.25) is 0 Å². The second-order valence-electron chi connectivity index (χ2n) is 3.43. The summed E-state index contributed by atoms with van der Waals surface area (Å²) >= 11 is 11.4. The number of nitrogens with one attached hydrogen (secondary N) is 1. The van der Waals surface area contributed by atoms with Crippen molar-refractivity contribution in [3.63, 3.8) is 0 Å². The van der Waals surface area contributed by atoms with Gasteiger partial charge in [0.25, 0.3) is 5.91 Å². The Hall–Kier alpha value is -1.65. The maximum Gasteiger partial charge on any atom is 0.258 e. The maximum atomic E-state index is 12.7. The van der Waals surface area contributed by atoms with Gasteiger partial charge in [-0.25, -0.2) is 9.37 Å². The Labute approximate surface area is 113 Å². The number of hydrogen-bond acceptors (Lipinski definition) is 2. The maximum absolute atomic E-state index is 12.7. The van der Waals surface area contributed by atoms with Crippen LogP contribution in [-0.2, 0) is 0 Å². The number of aromatic nitrogens is 1. The van der Waals surface area contributed by atoms with Crippen molar-refractivity contribution in [3.8, 4) is 0 Å². The second kappa shape index (κ2) is 5.33. The molecule has 0 unspecified atom stereocenters. The SMILES string of the molecule is O=C(Nc1ccc(F)cc1)c1ccc(Cl)nc1Cl. The molecule has 0 saturated carbocycles. The summed E-state index contributed by atoms with van der Waals surface area (Å²) in [4.78, 5) is 15.6. The lowest BCUT2D eigenvalue weighted by Crippen LogP contribution is -2.12. The number of halogens is 3. The smallest absolute Gasteiger partial charge is 0.258 e. The molecule has 1 amide bonds. The van der Waals surface area contributed by atoms with Crippen LogP contribution in [0.1, 0.15) is 10.4 Å². The lowest BCUT2D eigenvalue weighted by molar-refractivity contribution is 0.102. The van der Waals surface area contributed by atoms with Crippen molar-refractivity contribution in [2.24, 2.45) is 0 Å². The quantitative estimate of drug-likeness (QED) is 0.853. The summed E-state index contributed by atoms with van der Waals surface area (Å²) in [5, 5.41) is 2.80. The van der Waals surface area contributed by atoms with Crippen molar-refractivity contribution in [1.29, 1.82) is 0 Å². The average molecular weight is 285 g/mol. The predicted octanol–water partition coefficient (Wildman–Crippen LogP) is 3.78. The van der Waals surface area contributed by atoms with Crippen molar-refractivity contribution in [1.82, 2.24) is 4.98 Å². The van der Waals surface area contributed by atoms with Crippen molar-refractivity contribution >= 4 is 34.8 Å². The molecule has 0 fully saturated rings. The van der Waals surface area contributed by atoms with E-state index in [4.69, 9.17) is 23.2 Å². The van der Waals surface area contributed by atoms with Crippen LogP contribution >= 0.6 is 23.2 Å². The molecule has 0 aliphatic heterocycles. The van der Waals surface area contributed by atoms with Crippen LogP contribution in [0.25, 0.3) is 0 Å². The fourth-order valence-corrected chi connectivity index (χ4v) is 1.74. The van der Waals surface area contributed by atoms with Gasteiger partial charge in [-0.05, 0) is 36.4 Å². The molecule has 92 valence electrons. The van der Waals surface area contributed by atoms with Gasteiger partial charge in [-0.2, -0.15) is 0 Å². The molecule has 0 atom stereocenters. The number of carbonyl (C=O) groups excluding carboxylic acids is 1. The fraction of sp³-hybridized carbons (Fsp3) is 0. The molecule has 1 aromatic carbocycles. The van der Waals surface area contributed by atoms with E-state index in [-0.39, 0.29) is 21.7 Å². The standard InChI is InChI=1S/C12H7Cl2FN2O/c13-10-6-5-9(11(14)17-10)12(18)16-8-3-1-7(15)2-4-8/h1-6H,(H,16,18). The molecule has 6 heteroatoms. The van der Waals surface area contributed by atoms with Gasteiger partial charge in [0, 0.05) is 5.69 Å². The molecule has 18 heavy (non-hydrogen) atoms. The van der Waals surface area contributed by atoms with E-state index in [0.717, 1.165) is 0 Å². The zero-order valence-electron chi connectivity index (χ0n) is 8.95. The molecule has 3 nitrogen and oxygen atoms in total. The number of rotatable bonds is 2. The van der Waals surface area contributed by atoms with Crippen LogP contribution in [0.15, 0.2) is 36.4 Å². The van der Waals surface area contributed by atoms with E-state index >= 15 is 0 Å². The largest absolute Gasteiger partial charge is 0.322 e. The van der Waals surface area contributed by atoms with Crippen LogP contribution in [0.5, 0.6) is 0 Å². The minimum Gasteiger partial charge on any atom is -0.322 e. The van der Waals surface area contributed by atoms with Crippen LogP contribution in [-0.4, -0.2) is 10.9 Å². The zero-order chi connectivity index (χ0) is 13.1. The number of pyridine rings is 1. The molecule has 1 aromatic heterocycles. The van der Waals surface area contributed by atoms with E-state index in [1.54, 1.807) is 0 Å². The van der Waals surface area contributed by atoms with Crippen LogP contribution in [0, 0.1) is 5.82 Å². The van der Waals surface area contributed by atoms with E-state index < -0.39 is 5.91 Å². The van der Waals surface area contributed by atoms with Crippen molar-refractivity contribution in [2.75, 3.05) is 5.32 Å². The van der Waals surface area contributed by atoms with Gasteiger partial charge >= 0.3 is 0 Å². The molecule has 2 rings (SSSR count). The van der Waals surface area contributed by atoms with Crippen molar-refractivity contribution in [2.45, 2.75) is 0 Å². The molecule has 2 aromatic rings. The molecule has 1 N–H and O–H groups in total. The summed E-state index contributed by atoms with van der Waals surface area (Å²) in [5.41, 5.74) is 0.665. The number of anilines is 1. The van der Waals surface area contributed by atoms with Gasteiger partial charge in [0.1, 0.15) is 16.1 Å². The molecule has 0 aliphatic carbocycles. The zero-order valence-corrected chi connectivity index (χ0v) is 10.5. The number of hydrogen-bond donors (Lipinski definition) is 1. The van der Waals surface area contributed by atoms with Crippen LogP contribution in [0.4, 0.5) is 10.1 Å². The summed E-state index contributed by atoms with van der Waals surface area (Å²) in [6, 6.07) is 8.33. The Balaban J connectivity index is 2.19. The summed E-state index contributed by atoms with van der Waals surface area (Å²) in [7, 11) is 0. The first kappa shape index (κ1) is 12.8. The molecule has 0 spiro atoms. The van der Waals surface area contributed by atoms with E-state index in [9.17, 15) is 9.18 Å². The highest BCUT2D eigenvalue weighted by Gasteiger charge is 2.12. The number of amides is 1. The van der Waals surface area contributed by atoms with Gasteiger partial charge in [0.15, 0.2) is 0 Å². The number of carbonyl (C=O) groups is 1. The minimum absolute atomic E-state index is 0.0158. The third-order valence-electron chi connectivity index (χ3n) is 2.16. The highest BCUT2D eigenvalue weighted by molar-refractivity contribution is 6.35. The summed E-state index contributed by atoms with van der Waals surface area (Å²) < 4.78 is 12.7. The molecule has 0 bridgehead atoms. The molecular formula is C12H7Cl2FN2O. The normalized spacial score (nSPS) is 10.2. The average Bonchev–Trinajstić information content (AvgIpc) is 2.32. The highest BCUT2D eigenvalue weighted by Crippen LogP contribution is 2.18. The summed E-state index contributed by atoms with van der Waals surface area (Å²) in [6.07, 6.45) is 0. The van der Waals surface area contributed by atoms with Gasteiger partial charge in [-0.15, -0.1) is 0 Å². The lowest BCUT2D eigenvalue weighted by Gasteiger charge is -2.06. The van der Waals surface area contributed by atoms with Gasteiger partial charge in [0.05, 0.1) is 5.56 Å². The fourth-order valence-electron chi connectivity index (χ4n) is 1.31. The van der Waals surface area contributed by atoms with Crippen LogP contribution in [0.3, 0.4) is 0 Å². The first-order valence-corrected chi connectivity index (χ1v) is 5.71. The van der Waals surface area contributed by atoms with E-state index in [1.807, 2.05) is 0 Å². The third kappa shape index (κ3) is 2.97. The molecule has 1 heterocycles. The van der Waals surface area contributed by atoms with Crippen molar-refractivity contribution in [3.05, 3.63) is 58.1 Å². The Morgan fingerprint density at radius 1 is 1.11 bits per heavy atom. The van der Waals surface area contributed by atoms with Crippen molar-refractivity contribution < 1.29 is 9.18 Å². The lowest BCUT2D eigenvalue weighted by atomic mass is 10.2. The number of benzene rings is 1. The Kier molecular flexibility index (Phi) is 3.79. The van der Waals surface area contributed by atoms with E-state index in [0.29, 0.717) is 5.69 Å². The Morgan fingerprint density at radius 3 is 2.39 bits per heavy atom.